The van der Waals surface area contributed by atoms with Gasteiger partial charge >= 0.3 is 0 Å². The van der Waals surface area contributed by atoms with Crippen LogP contribution >= 0.6 is 0 Å². The monoisotopic (exact) mass is 341 g/mol. The molecule has 0 spiro atoms. The third kappa shape index (κ3) is 3.24. The lowest BCUT2D eigenvalue weighted by molar-refractivity contribution is -0.126. The smallest absolute Gasteiger partial charge is 0.290 e. The number of nitrogens with zero attached hydrogens (tertiary/aromatic N) is 4. The van der Waals surface area contributed by atoms with E-state index >= 15 is 0 Å². The van der Waals surface area contributed by atoms with E-state index in [2.05, 4.69) is 15.3 Å². The Balaban J connectivity index is 1.46. The number of piperazine rings is 1. The van der Waals surface area contributed by atoms with Gasteiger partial charge in [-0.3, -0.25) is 19.9 Å². The number of para-hydroxylation sites is 1. The maximum atomic E-state index is 12.9. The maximum Gasteiger partial charge on any atom is 0.290 e. The van der Waals surface area contributed by atoms with Crippen LogP contribution in [-0.4, -0.2) is 65.7 Å². The number of benzene rings is 1. The summed E-state index contributed by atoms with van der Waals surface area (Å²) in [7, 11) is 0. The zero-order valence-corrected chi connectivity index (χ0v) is 14.4. The van der Waals surface area contributed by atoms with Crippen LogP contribution in [0.25, 0.3) is 0 Å². The second-order valence-electron chi connectivity index (χ2n) is 6.83. The molecule has 1 aliphatic carbocycles. The molecular formula is C18H23N5O2. The van der Waals surface area contributed by atoms with Crippen LogP contribution in [0.15, 0.2) is 35.3 Å². The van der Waals surface area contributed by atoms with E-state index in [-0.39, 0.29) is 17.6 Å². The average molecular weight is 341 g/mol. The predicted molar refractivity (Wildman–Crippen MR) is 95.1 cm³/mol. The number of aliphatic imine (C=N–C) groups is 1. The second kappa shape index (κ2) is 6.48. The van der Waals surface area contributed by atoms with Crippen molar-refractivity contribution in [2.45, 2.75) is 31.8 Å². The fourth-order valence-corrected chi connectivity index (χ4v) is 3.38. The Kier molecular flexibility index (Phi) is 4.17. The van der Waals surface area contributed by atoms with Crippen molar-refractivity contribution in [3.63, 3.8) is 0 Å². The summed E-state index contributed by atoms with van der Waals surface area (Å²) in [6.07, 6.45) is 2.57. The summed E-state index contributed by atoms with van der Waals surface area (Å²) in [6.45, 7) is 4.98. The largest absolute Gasteiger partial charge is 0.333 e. The Labute approximate surface area is 147 Å². The molecule has 1 saturated heterocycles. The van der Waals surface area contributed by atoms with Crippen molar-refractivity contribution >= 4 is 23.3 Å². The molecule has 2 amide bonds. The topological polar surface area (TPSA) is 68.2 Å². The first-order valence-electron chi connectivity index (χ1n) is 8.90. The highest BCUT2D eigenvalue weighted by Gasteiger charge is 2.36. The maximum absolute atomic E-state index is 12.9. The Morgan fingerprint density at radius 1 is 1.12 bits per heavy atom. The van der Waals surface area contributed by atoms with Gasteiger partial charge < -0.3 is 4.90 Å². The van der Waals surface area contributed by atoms with Gasteiger partial charge in [-0.15, -0.1) is 0 Å². The predicted octanol–water partition coefficient (Wildman–Crippen LogP) is 0.631. The zero-order chi connectivity index (χ0) is 17.4. The van der Waals surface area contributed by atoms with Crippen molar-refractivity contribution in [1.29, 1.82) is 0 Å². The Hall–Kier alpha value is -2.41. The van der Waals surface area contributed by atoms with Gasteiger partial charge in [-0.05, 0) is 31.9 Å². The fraction of sp³-hybridized carbons (Fsp3) is 0.500. The number of nitrogens with one attached hydrogen (secondary N) is 1. The van der Waals surface area contributed by atoms with Crippen LogP contribution < -0.4 is 10.4 Å². The number of anilines is 1. The molecule has 1 N–H and O–H groups in total. The molecule has 2 heterocycles. The van der Waals surface area contributed by atoms with E-state index in [0.717, 1.165) is 19.1 Å². The van der Waals surface area contributed by atoms with E-state index in [4.69, 9.17) is 0 Å². The minimum atomic E-state index is -0.576. The van der Waals surface area contributed by atoms with Crippen LogP contribution in [0.3, 0.4) is 0 Å². The summed E-state index contributed by atoms with van der Waals surface area (Å²) in [5, 5.41) is 1.42. The normalized spacial score (nSPS) is 24.8. The molecule has 7 heteroatoms. The number of hydrogen-bond donors (Lipinski definition) is 1. The molecule has 4 rings (SSSR count). The van der Waals surface area contributed by atoms with Crippen LogP contribution in [0.4, 0.5) is 5.69 Å². The Morgan fingerprint density at radius 3 is 2.44 bits per heavy atom. The van der Waals surface area contributed by atoms with Crippen molar-refractivity contribution in [3.8, 4) is 0 Å². The minimum Gasteiger partial charge on any atom is -0.333 e. The lowest BCUT2D eigenvalue weighted by Crippen LogP contribution is -2.60. The standard InChI is InChI=1S/C18H23N5O2/c1-13-17(24)23(15-5-3-2-4-6-15)20-16(19-13)18(25)22-11-9-21(10-12-22)14-7-8-14/h2-6,13-14H,7-12H2,1H3,(H,19,20)/t13-/m0/s1. The molecule has 2 fully saturated rings. The molecule has 132 valence electrons. The number of carbonyl (C=O) groups excluding carboxylic acids is 2. The van der Waals surface area contributed by atoms with Gasteiger partial charge in [-0.1, -0.05) is 18.2 Å². The number of hydrogen-bond acceptors (Lipinski definition) is 5. The molecular weight excluding hydrogens is 318 g/mol. The summed E-state index contributed by atoms with van der Waals surface area (Å²) in [6, 6.07) is 9.43. The molecule has 2 aliphatic heterocycles. The van der Waals surface area contributed by atoms with Crippen molar-refractivity contribution in [3.05, 3.63) is 30.3 Å². The lowest BCUT2D eigenvalue weighted by Gasteiger charge is -2.37. The summed E-state index contributed by atoms with van der Waals surface area (Å²) in [5.74, 6) is -0.0483. The highest BCUT2D eigenvalue weighted by molar-refractivity contribution is 6.39. The highest BCUT2D eigenvalue weighted by atomic mass is 16.2. The molecule has 0 aromatic heterocycles. The van der Waals surface area contributed by atoms with Crippen LogP contribution in [0, 0.1) is 0 Å². The lowest BCUT2D eigenvalue weighted by atomic mass is 10.2. The van der Waals surface area contributed by atoms with Gasteiger partial charge in [0.05, 0.1) is 5.69 Å². The number of rotatable bonds is 3. The fourth-order valence-electron chi connectivity index (χ4n) is 3.38. The minimum absolute atomic E-state index is 0.129. The molecule has 1 aromatic carbocycles. The van der Waals surface area contributed by atoms with Crippen LogP contribution in [0.1, 0.15) is 19.8 Å². The van der Waals surface area contributed by atoms with Gasteiger partial charge in [0.1, 0.15) is 6.04 Å². The van der Waals surface area contributed by atoms with Crippen molar-refractivity contribution < 1.29 is 9.59 Å². The van der Waals surface area contributed by atoms with E-state index < -0.39 is 6.04 Å². The van der Waals surface area contributed by atoms with E-state index in [0.29, 0.717) is 18.8 Å². The van der Waals surface area contributed by atoms with Crippen molar-refractivity contribution in [2.75, 3.05) is 31.2 Å². The van der Waals surface area contributed by atoms with Gasteiger partial charge in [0.25, 0.3) is 11.8 Å². The third-order valence-electron chi connectivity index (χ3n) is 5.00. The summed E-state index contributed by atoms with van der Waals surface area (Å²) in [5.41, 5.74) is 3.63. The molecule has 1 atom stereocenters. The molecule has 1 aromatic rings. The van der Waals surface area contributed by atoms with Gasteiger partial charge in [0, 0.05) is 32.2 Å². The average Bonchev–Trinajstić information content (AvgIpc) is 3.49. The SMILES string of the molecule is C[C@@H]1N=C(C(=O)N2CCN(C3CC3)CC2)NN(c2ccccc2)C1=O. The summed E-state index contributed by atoms with van der Waals surface area (Å²) < 4.78 is 0. The van der Waals surface area contributed by atoms with Crippen molar-refractivity contribution in [2.24, 2.45) is 4.99 Å². The Bertz CT molecular complexity index is 693. The van der Waals surface area contributed by atoms with Gasteiger partial charge in [0.15, 0.2) is 0 Å². The molecule has 0 unspecified atom stereocenters. The highest BCUT2D eigenvalue weighted by Crippen LogP contribution is 2.27. The molecule has 25 heavy (non-hydrogen) atoms. The summed E-state index contributed by atoms with van der Waals surface area (Å²) in [4.78, 5) is 33.9. The van der Waals surface area contributed by atoms with Gasteiger partial charge in [-0.2, -0.15) is 0 Å². The van der Waals surface area contributed by atoms with E-state index in [9.17, 15) is 9.59 Å². The number of hydrazine groups is 1. The van der Waals surface area contributed by atoms with E-state index in [1.54, 1.807) is 6.92 Å². The Morgan fingerprint density at radius 2 is 1.80 bits per heavy atom. The molecule has 1 saturated carbocycles. The third-order valence-corrected chi connectivity index (χ3v) is 5.00. The number of amides is 2. The molecule has 0 radical (unpaired) electrons. The number of amidine groups is 1. The quantitative estimate of drug-likeness (QED) is 0.876. The molecule has 0 bridgehead atoms. The van der Waals surface area contributed by atoms with Gasteiger partial charge in [-0.25, -0.2) is 10.0 Å². The summed E-state index contributed by atoms with van der Waals surface area (Å²) >= 11 is 0. The molecule has 7 nitrogen and oxygen atoms in total. The zero-order valence-electron chi connectivity index (χ0n) is 14.4. The van der Waals surface area contributed by atoms with E-state index in [1.165, 1.54) is 17.9 Å². The first kappa shape index (κ1) is 16.1. The van der Waals surface area contributed by atoms with Crippen LogP contribution in [-0.2, 0) is 9.59 Å². The van der Waals surface area contributed by atoms with Crippen molar-refractivity contribution in [1.82, 2.24) is 15.2 Å². The second-order valence-corrected chi connectivity index (χ2v) is 6.83. The first-order valence-corrected chi connectivity index (χ1v) is 8.90. The number of carbonyl (C=O) groups is 2. The van der Waals surface area contributed by atoms with Crippen LogP contribution in [0.2, 0.25) is 0 Å². The molecule has 3 aliphatic rings. The van der Waals surface area contributed by atoms with Gasteiger partial charge in [0.2, 0.25) is 5.84 Å². The van der Waals surface area contributed by atoms with E-state index in [1.807, 2.05) is 35.2 Å². The first-order chi connectivity index (χ1) is 12.1. The van der Waals surface area contributed by atoms with Crippen LogP contribution in [0.5, 0.6) is 0 Å².